The summed E-state index contributed by atoms with van der Waals surface area (Å²) in [5.41, 5.74) is 3.94. The van der Waals surface area contributed by atoms with Crippen LogP contribution in [0.2, 0.25) is 0 Å². The number of hydrogen-bond acceptors (Lipinski definition) is 3. The predicted octanol–water partition coefficient (Wildman–Crippen LogP) is 3.57. The number of carbonyl (C=O) groups excluding carboxylic acids is 1. The molecule has 0 aromatic heterocycles. The number of aryl methyl sites for hydroxylation is 1. The monoisotopic (exact) mass is 392 g/mol. The molecule has 0 spiro atoms. The lowest BCUT2D eigenvalue weighted by atomic mass is 10.1. The highest BCUT2D eigenvalue weighted by atomic mass is 16.2. The van der Waals surface area contributed by atoms with Crippen LogP contribution in [0.5, 0.6) is 0 Å². The number of rotatable bonds is 6. The smallest absolute Gasteiger partial charge is 0.315 e. The fourth-order valence-electron chi connectivity index (χ4n) is 4.45. The molecule has 154 valence electrons. The highest BCUT2D eigenvalue weighted by Crippen LogP contribution is 2.30. The fourth-order valence-corrected chi connectivity index (χ4v) is 4.45. The molecule has 2 amide bonds. The molecule has 4 rings (SSSR count). The lowest BCUT2D eigenvalue weighted by Gasteiger charge is -2.36. The minimum absolute atomic E-state index is 0.0481. The molecule has 2 N–H and O–H groups in total. The van der Waals surface area contributed by atoms with E-state index in [9.17, 15) is 4.79 Å². The van der Waals surface area contributed by atoms with E-state index in [4.69, 9.17) is 0 Å². The molecule has 29 heavy (non-hydrogen) atoms. The highest BCUT2D eigenvalue weighted by Gasteiger charge is 2.24. The number of carbonyl (C=O) groups is 1. The first-order valence-corrected chi connectivity index (χ1v) is 10.9. The minimum atomic E-state index is -0.0481. The molecule has 1 fully saturated rings. The maximum atomic E-state index is 12.4. The summed E-state index contributed by atoms with van der Waals surface area (Å²) < 4.78 is 0. The van der Waals surface area contributed by atoms with Gasteiger partial charge in [-0.05, 0) is 49.4 Å². The Bertz CT molecular complexity index is 802. The zero-order chi connectivity index (χ0) is 20.1. The van der Waals surface area contributed by atoms with E-state index >= 15 is 0 Å². The van der Waals surface area contributed by atoms with Gasteiger partial charge in [-0.3, -0.25) is 4.90 Å². The summed E-state index contributed by atoms with van der Waals surface area (Å²) >= 11 is 0. The quantitative estimate of drug-likeness (QED) is 0.790. The molecule has 5 nitrogen and oxygen atoms in total. The topological polar surface area (TPSA) is 47.6 Å². The van der Waals surface area contributed by atoms with Crippen LogP contribution in [-0.4, -0.2) is 49.7 Å². The van der Waals surface area contributed by atoms with Gasteiger partial charge in [0.2, 0.25) is 0 Å². The second-order valence-electron chi connectivity index (χ2n) is 8.26. The van der Waals surface area contributed by atoms with Crippen LogP contribution in [0.1, 0.15) is 36.9 Å². The van der Waals surface area contributed by atoms with Crippen LogP contribution in [0.25, 0.3) is 0 Å². The SMILES string of the molecule is C[C@H](CCN1CCN(c2ccccc2)CC1)NC(=O)N[C@H]1CCc2ccccc21. The number of hydrogen-bond donors (Lipinski definition) is 2. The number of fused-ring (bicyclic) bond motifs is 1. The Hall–Kier alpha value is -2.53. The van der Waals surface area contributed by atoms with Crippen molar-refractivity contribution in [2.45, 2.75) is 38.3 Å². The van der Waals surface area contributed by atoms with E-state index in [1.165, 1.54) is 16.8 Å². The molecule has 1 saturated heterocycles. The van der Waals surface area contributed by atoms with Gasteiger partial charge in [-0.25, -0.2) is 4.79 Å². The molecule has 0 saturated carbocycles. The average Bonchev–Trinajstić information content (AvgIpc) is 3.16. The minimum Gasteiger partial charge on any atom is -0.369 e. The van der Waals surface area contributed by atoms with Gasteiger partial charge in [0, 0.05) is 44.5 Å². The Morgan fingerprint density at radius 3 is 2.55 bits per heavy atom. The Balaban J connectivity index is 1.16. The van der Waals surface area contributed by atoms with Gasteiger partial charge in [0.15, 0.2) is 0 Å². The van der Waals surface area contributed by atoms with E-state index in [0.717, 1.165) is 52.0 Å². The Kier molecular flexibility index (Phi) is 6.35. The van der Waals surface area contributed by atoms with Crippen LogP contribution in [-0.2, 0) is 6.42 Å². The maximum absolute atomic E-state index is 12.4. The lowest BCUT2D eigenvalue weighted by molar-refractivity contribution is 0.225. The average molecular weight is 393 g/mol. The van der Waals surface area contributed by atoms with E-state index in [1.807, 2.05) is 0 Å². The summed E-state index contributed by atoms with van der Waals surface area (Å²) in [5.74, 6) is 0. The van der Waals surface area contributed by atoms with Crippen LogP contribution < -0.4 is 15.5 Å². The van der Waals surface area contributed by atoms with Crippen LogP contribution in [0.4, 0.5) is 10.5 Å². The van der Waals surface area contributed by atoms with E-state index in [-0.39, 0.29) is 18.1 Å². The van der Waals surface area contributed by atoms with Gasteiger partial charge in [0.05, 0.1) is 6.04 Å². The number of benzene rings is 2. The van der Waals surface area contributed by atoms with Crippen molar-refractivity contribution in [2.75, 3.05) is 37.6 Å². The summed E-state index contributed by atoms with van der Waals surface area (Å²) in [7, 11) is 0. The summed E-state index contributed by atoms with van der Waals surface area (Å²) in [5, 5.41) is 6.28. The highest BCUT2D eigenvalue weighted by molar-refractivity contribution is 5.75. The normalized spacial score (nSPS) is 20.2. The number of nitrogens with one attached hydrogen (secondary N) is 2. The number of urea groups is 1. The Morgan fingerprint density at radius 2 is 1.76 bits per heavy atom. The van der Waals surface area contributed by atoms with Crippen molar-refractivity contribution in [3.63, 3.8) is 0 Å². The summed E-state index contributed by atoms with van der Waals surface area (Å²) in [6.07, 6.45) is 3.01. The Morgan fingerprint density at radius 1 is 1.03 bits per heavy atom. The van der Waals surface area contributed by atoms with Crippen molar-refractivity contribution in [3.05, 3.63) is 65.7 Å². The molecule has 0 bridgehead atoms. The van der Waals surface area contributed by atoms with E-state index < -0.39 is 0 Å². The van der Waals surface area contributed by atoms with Crippen molar-refractivity contribution in [1.82, 2.24) is 15.5 Å². The molecule has 2 aliphatic rings. The van der Waals surface area contributed by atoms with Gasteiger partial charge < -0.3 is 15.5 Å². The van der Waals surface area contributed by atoms with Crippen molar-refractivity contribution in [2.24, 2.45) is 0 Å². The zero-order valence-corrected chi connectivity index (χ0v) is 17.3. The van der Waals surface area contributed by atoms with Gasteiger partial charge in [0.1, 0.15) is 0 Å². The number of piperazine rings is 1. The second-order valence-corrected chi connectivity index (χ2v) is 8.26. The molecule has 1 aliphatic heterocycles. The fraction of sp³-hybridized carbons (Fsp3) is 0.458. The molecule has 2 atom stereocenters. The third-order valence-electron chi connectivity index (χ3n) is 6.19. The first-order chi connectivity index (χ1) is 14.2. The van der Waals surface area contributed by atoms with Crippen molar-refractivity contribution >= 4 is 11.7 Å². The predicted molar refractivity (Wildman–Crippen MR) is 118 cm³/mol. The summed E-state index contributed by atoms with van der Waals surface area (Å²) in [6.45, 7) is 7.40. The van der Waals surface area contributed by atoms with E-state index in [1.54, 1.807) is 0 Å². The standard InChI is InChI=1S/C24H32N4O/c1-19(25-24(29)26-23-12-11-20-7-5-6-10-22(20)23)13-14-27-15-17-28(18-16-27)21-8-3-2-4-9-21/h2-10,19,23H,11-18H2,1H3,(H2,25,26,29)/t19-,23+/m1/s1. The molecule has 1 heterocycles. The van der Waals surface area contributed by atoms with Crippen LogP contribution in [0.3, 0.4) is 0 Å². The maximum Gasteiger partial charge on any atom is 0.315 e. The molecule has 2 aromatic rings. The number of amides is 2. The first-order valence-electron chi connectivity index (χ1n) is 10.9. The van der Waals surface area contributed by atoms with Crippen LogP contribution >= 0.6 is 0 Å². The number of para-hydroxylation sites is 1. The van der Waals surface area contributed by atoms with Crippen molar-refractivity contribution in [1.29, 1.82) is 0 Å². The Labute approximate surface area is 174 Å². The van der Waals surface area contributed by atoms with E-state index in [2.05, 4.69) is 82.0 Å². The largest absolute Gasteiger partial charge is 0.369 e. The number of nitrogens with zero attached hydrogens (tertiary/aromatic N) is 2. The van der Waals surface area contributed by atoms with Crippen LogP contribution in [0.15, 0.2) is 54.6 Å². The molecule has 1 aliphatic carbocycles. The van der Waals surface area contributed by atoms with Crippen molar-refractivity contribution < 1.29 is 4.79 Å². The summed E-state index contributed by atoms with van der Waals surface area (Å²) in [6, 6.07) is 19.3. The van der Waals surface area contributed by atoms with E-state index in [0.29, 0.717) is 0 Å². The lowest BCUT2D eigenvalue weighted by Crippen LogP contribution is -2.48. The third kappa shape index (κ3) is 5.10. The molecule has 0 unspecified atom stereocenters. The van der Waals surface area contributed by atoms with Gasteiger partial charge in [-0.2, -0.15) is 0 Å². The summed E-state index contributed by atoms with van der Waals surface area (Å²) in [4.78, 5) is 17.4. The van der Waals surface area contributed by atoms with Crippen molar-refractivity contribution in [3.8, 4) is 0 Å². The molecular weight excluding hydrogens is 360 g/mol. The molecule has 2 aromatic carbocycles. The van der Waals surface area contributed by atoms with Gasteiger partial charge in [0.25, 0.3) is 0 Å². The first kappa shape index (κ1) is 19.8. The van der Waals surface area contributed by atoms with Gasteiger partial charge in [-0.15, -0.1) is 0 Å². The molecule has 5 heteroatoms. The number of anilines is 1. The van der Waals surface area contributed by atoms with Gasteiger partial charge >= 0.3 is 6.03 Å². The molecule has 0 radical (unpaired) electrons. The van der Waals surface area contributed by atoms with Crippen LogP contribution in [0, 0.1) is 0 Å². The third-order valence-corrected chi connectivity index (χ3v) is 6.19. The second kappa shape index (κ2) is 9.31. The van der Waals surface area contributed by atoms with Gasteiger partial charge in [-0.1, -0.05) is 42.5 Å². The zero-order valence-electron chi connectivity index (χ0n) is 17.3. The molecular formula is C24H32N4O.